The van der Waals surface area contributed by atoms with Crippen LogP contribution in [0.15, 0.2) is 11.6 Å². The largest absolute Gasteiger partial charge is 0.481 e. The molecule has 4 aliphatic carbocycles. The van der Waals surface area contributed by atoms with Gasteiger partial charge in [0.2, 0.25) is 0 Å². The summed E-state index contributed by atoms with van der Waals surface area (Å²) in [6, 6.07) is 0. The van der Waals surface area contributed by atoms with Crippen molar-refractivity contribution < 1.29 is 14.7 Å². The highest BCUT2D eigenvalue weighted by atomic mass is 16.4. The van der Waals surface area contributed by atoms with Crippen molar-refractivity contribution in [3.63, 3.8) is 0 Å². The zero-order chi connectivity index (χ0) is 14.6. The number of hydrogen-bond donors (Lipinski definition) is 1. The van der Waals surface area contributed by atoms with Gasteiger partial charge in [-0.05, 0) is 68.6 Å². The van der Waals surface area contributed by atoms with Crippen molar-refractivity contribution in [2.24, 2.45) is 35.5 Å². The lowest BCUT2D eigenvalue weighted by Gasteiger charge is -2.48. The highest BCUT2D eigenvalue weighted by Crippen LogP contribution is 2.57. The fourth-order valence-electron chi connectivity index (χ4n) is 6.10. The molecule has 21 heavy (non-hydrogen) atoms. The Kier molecular flexibility index (Phi) is 3.20. The first-order chi connectivity index (χ1) is 10.2. The van der Waals surface area contributed by atoms with E-state index < -0.39 is 5.97 Å². The molecule has 3 nitrogen and oxygen atoms in total. The molecule has 0 amide bonds. The summed E-state index contributed by atoms with van der Waals surface area (Å²) < 4.78 is 0. The summed E-state index contributed by atoms with van der Waals surface area (Å²) in [6.45, 7) is 0. The summed E-state index contributed by atoms with van der Waals surface area (Å²) in [6.07, 6.45) is 10.3. The normalized spacial score (nSPS) is 45.3. The molecule has 3 saturated carbocycles. The van der Waals surface area contributed by atoms with Crippen molar-refractivity contribution >= 4 is 11.8 Å². The number of fused-ring (bicyclic) bond motifs is 5. The number of aliphatic carboxylic acids is 1. The third kappa shape index (κ3) is 2.00. The highest BCUT2D eigenvalue weighted by Gasteiger charge is 2.52. The van der Waals surface area contributed by atoms with Gasteiger partial charge >= 0.3 is 5.97 Å². The Balaban J connectivity index is 1.60. The van der Waals surface area contributed by atoms with E-state index in [4.69, 9.17) is 0 Å². The van der Waals surface area contributed by atoms with Crippen molar-refractivity contribution in [2.75, 3.05) is 0 Å². The van der Waals surface area contributed by atoms with E-state index in [1.807, 2.05) is 0 Å². The maximum Gasteiger partial charge on any atom is 0.306 e. The van der Waals surface area contributed by atoms with Gasteiger partial charge in [0.15, 0.2) is 0 Å². The minimum atomic E-state index is -0.592. The van der Waals surface area contributed by atoms with Gasteiger partial charge in [0.25, 0.3) is 0 Å². The van der Waals surface area contributed by atoms with Crippen LogP contribution in [0.1, 0.15) is 51.4 Å². The average molecular weight is 288 g/mol. The number of ketones is 1. The second kappa shape index (κ2) is 4.96. The van der Waals surface area contributed by atoms with E-state index in [9.17, 15) is 14.7 Å². The highest BCUT2D eigenvalue weighted by molar-refractivity contribution is 5.85. The molecular formula is C18H24O3. The Hall–Kier alpha value is -1.12. The van der Waals surface area contributed by atoms with Gasteiger partial charge in [-0.1, -0.05) is 11.6 Å². The maximum absolute atomic E-state index is 12.4. The number of carboxylic acid groups (broad SMARTS) is 1. The number of carbonyl (C=O) groups is 2. The van der Waals surface area contributed by atoms with Crippen molar-refractivity contribution in [3.8, 4) is 0 Å². The Morgan fingerprint density at radius 2 is 1.67 bits per heavy atom. The number of carbonyl (C=O) groups excluding carboxylic acids is 1. The molecule has 6 unspecified atom stereocenters. The predicted octanol–water partition coefficient (Wildman–Crippen LogP) is 3.44. The Labute approximate surface area is 125 Å². The first-order valence-corrected chi connectivity index (χ1v) is 8.61. The van der Waals surface area contributed by atoms with Gasteiger partial charge in [-0.2, -0.15) is 0 Å². The summed E-state index contributed by atoms with van der Waals surface area (Å²) in [5.41, 5.74) is 1.42. The lowest BCUT2D eigenvalue weighted by molar-refractivity contribution is -0.144. The molecule has 4 aliphatic rings. The number of rotatable bonds is 1. The molecule has 4 rings (SSSR count). The lowest BCUT2D eigenvalue weighted by Crippen LogP contribution is -2.44. The third-order valence-corrected chi connectivity index (χ3v) is 6.87. The SMILES string of the molecule is O=C(O)C1CCC2C1CCC1C3C(=O)CCC=C3CCC12. The molecular weight excluding hydrogens is 264 g/mol. The van der Waals surface area contributed by atoms with Crippen LogP contribution >= 0.6 is 0 Å². The van der Waals surface area contributed by atoms with Gasteiger partial charge in [-0.15, -0.1) is 0 Å². The summed E-state index contributed by atoms with van der Waals surface area (Å²) in [4.78, 5) is 23.8. The molecule has 3 fully saturated rings. The van der Waals surface area contributed by atoms with E-state index in [-0.39, 0.29) is 11.8 Å². The summed E-state index contributed by atoms with van der Waals surface area (Å²) >= 11 is 0. The zero-order valence-electron chi connectivity index (χ0n) is 12.5. The van der Waals surface area contributed by atoms with Crippen LogP contribution in [-0.4, -0.2) is 16.9 Å². The molecule has 3 heteroatoms. The zero-order valence-corrected chi connectivity index (χ0v) is 12.5. The van der Waals surface area contributed by atoms with Crippen LogP contribution in [-0.2, 0) is 9.59 Å². The van der Waals surface area contributed by atoms with Gasteiger partial charge < -0.3 is 5.11 Å². The van der Waals surface area contributed by atoms with Crippen molar-refractivity contribution in [1.29, 1.82) is 0 Å². The van der Waals surface area contributed by atoms with Crippen LogP contribution in [0.2, 0.25) is 0 Å². The fraction of sp³-hybridized carbons (Fsp3) is 0.778. The van der Waals surface area contributed by atoms with Crippen LogP contribution in [0.25, 0.3) is 0 Å². The number of allylic oxidation sites excluding steroid dienone is 2. The molecule has 0 aromatic carbocycles. The Morgan fingerprint density at radius 1 is 0.952 bits per heavy atom. The van der Waals surface area contributed by atoms with Gasteiger partial charge in [0.1, 0.15) is 5.78 Å². The lowest BCUT2D eigenvalue weighted by atomic mass is 9.55. The average Bonchev–Trinajstić information content (AvgIpc) is 2.91. The molecule has 0 aliphatic heterocycles. The van der Waals surface area contributed by atoms with Gasteiger partial charge in [0.05, 0.1) is 5.92 Å². The smallest absolute Gasteiger partial charge is 0.306 e. The molecule has 114 valence electrons. The monoisotopic (exact) mass is 288 g/mol. The minimum absolute atomic E-state index is 0.116. The first-order valence-electron chi connectivity index (χ1n) is 8.61. The van der Waals surface area contributed by atoms with Crippen LogP contribution in [0.4, 0.5) is 0 Å². The molecule has 0 aromatic heterocycles. The minimum Gasteiger partial charge on any atom is -0.481 e. The molecule has 0 saturated heterocycles. The van der Waals surface area contributed by atoms with E-state index in [1.165, 1.54) is 12.0 Å². The number of Topliss-reactive ketones (excluding diaryl/α,β-unsaturated/α-hetero) is 1. The van der Waals surface area contributed by atoms with Crippen molar-refractivity contribution in [3.05, 3.63) is 11.6 Å². The van der Waals surface area contributed by atoms with E-state index in [0.717, 1.165) is 44.9 Å². The van der Waals surface area contributed by atoms with E-state index >= 15 is 0 Å². The molecule has 1 N–H and O–H groups in total. The van der Waals surface area contributed by atoms with Crippen LogP contribution in [0.3, 0.4) is 0 Å². The predicted molar refractivity (Wildman–Crippen MR) is 78.6 cm³/mol. The van der Waals surface area contributed by atoms with Crippen LogP contribution in [0.5, 0.6) is 0 Å². The van der Waals surface area contributed by atoms with Crippen molar-refractivity contribution in [2.45, 2.75) is 51.4 Å². The Bertz CT molecular complexity index is 507. The maximum atomic E-state index is 12.4. The quantitative estimate of drug-likeness (QED) is 0.752. The van der Waals surface area contributed by atoms with Gasteiger partial charge in [-0.3, -0.25) is 9.59 Å². The van der Waals surface area contributed by atoms with Gasteiger partial charge in [0, 0.05) is 12.3 Å². The second-order valence-electron chi connectivity index (χ2n) is 7.56. The summed E-state index contributed by atoms with van der Waals surface area (Å²) in [7, 11) is 0. The molecule has 6 atom stereocenters. The standard InChI is InChI=1S/C18H24O3/c19-16-3-1-2-10-4-5-12-11-7-9-15(18(20)21)13(11)6-8-14(12)17(10)16/h2,11-15,17H,1,3-9H2,(H,20,21). The molecule has 0 heterocycles. The number of carboxylic acids is 1. The van der Waals surface area contributed by atoms with E-state index in [2.05, 4.69) is 6.08 Å². The third-order valence-electron chi connectivity index (χ3n) is 6.87. The summed E-state index contributed by atoms with van der Waals surface area (Å²) in [5, 5.41) is 9.41. The van der Waals surface area contributed by atoms with E-state index in [1.54, 1.807) is 0 Å². The van der Waals surface area contributed by atoms with Crippen LogP contribution in [0, 0.1) is 35.5 Å². The number of hydrogen-bond acceptors (Lipinski definition) is 2. The second-order valence-corrected chi connectivity index (χ2v) is 7.56. The van der Waals surface area contributed by atoms with Crippen molar-refractivity contribution in [1.82, 2.24) is 0 Å². The fourth-order valence-corrected chi connectivity index (χ4v) is 6.10. The van der Waals surface area contributed by atoms with Crippen LogP contribution < -0.4 is 0 Å². The first kappa shape index (κ1) is 13.5. The van der Waals surface area contributed by atoms with Gasteiger partial charge in [-0.25, -0.2) is 0 Å². The topological polar surface area (TPSA) is 54.4 Å². The summed E-state index contributed by atoms with van der Waals surface area (Å²) in [5.74, 6) is 2.04. The molecule has 0 bridgehead atoms. The van der Waals surface area contributed by atoms with E-state index in [0.29, 0.717) is 29.5 Å². The Morgan fingerprint density at radius 3 is 2.48 bits per heavy atom. The molecule has 0 aromatic rings. The molecule has 0 radical (unpaired) electrons. The molecule has 0 spiro atoms.